The van der Waals surface area contributed by atoms with Crippen molar-refractivity contribution in [1.82, 2.24) is 15.5 Å². The van der Waals surface area contributed by atoms with Crippen LogP contribution >= 0.6 is 0 Å². The molecule has 2 saturated heterocycles. The topological polar surface area (TPSA) is 324 Å². The maximum absolute atomic E-state index is 13.4. The predicted octanol–water partition coefficient (Wildman–Crippen LogP) is 1.83. The van der Waals surface area contributed by atoms with Crippen LogP contribution in [0.5, 0.6) is 0 Å². The number of ketones is 3. The first-order chi connectivity index (χ1) is 35.8. The minimum absolute atomic E-state index is 0.0483. The molecule has 3 rings (SSSR count). The van der Waals surface area contributed by atoms with Crippen molar-refractivity contribution in [1.29, 1.82) is 0 Å². The van der Waals surface area contributed by atoms with Crippen LogP contribution in [0.3, 0.4) is 0 Å². The van der Waals surface area contributed by atoms with Crippen molar-refractivity contribution in [2.45, 2.75) is 205 Å². The lowest BCUT2D eigenvalue weighted by molar-refractivity contribution is -0.282. The summed E-state index contributed by atoms with van der Waals surface area (Å²) in [5.74, 6) is -3.76. The second-order valence-corrected chi connectivity index (χ2v) is 20.5. The first kappa shape index (κ1) is 65.6. The zero-order chi connectivity index (χ0) is 55.3. The number of nitrogens with zero attached hydrogens (tertiary/aromatic N) is 1. The van der Waals surface area contributed by atoms with Crippen LogP contribution in [-0.2, 0) is 62.0 Å². The normalized spacial score (nSPS) is 25.4. The Balaban J connectivity index is 1.31. The number of carbonyl (C=O) groups is 7. The van der Waals surface area contributed by atoms with Gasteiger partial charge in [-0.05, 0) is 78.1 Å². The number of amides is 4. The summed E-state index contributed by atoms with van der Waals surface area (Å²) in [5.41, 5.74) is 0. The van der Waals surface area contributed by atoms with E-state index in [1.165, 1.54) is 12.2 Å². The van der Waals surface area contributed by atoms with Crippen molar-refractivity contribution in [2.24, 2.45) is 17.8 Å². The molecular formula is C53H89N3O19. The van der Waals surface area contributed by atoms with Crippen LogP contribution in [0.1, 0.15) is 150 Å². The fourth-order valence-corrected chi connectivity index (χ4v) is 8.90. The molecule has 8 N–H and O–H groups in total. The van der Waals surface area contributed by atoms with Crippen LogP contribution < -0.4 is 10.6 Å². The molecule has 0 aromatic carbocycles. The van der Waals surface area contributed by atoms with Gasteiger partial charge in [0.05, 0.1) is 38.6 Å². The van der Waals surface area contributed by atoms with Crippen molar-refractivity contribution < 1.29 is 92.6 Å². The average Bonchev–Trinajstić information content (AvgIpc) is 3.71. The summed E-state index contributed by atoms with van der Waals surface area (Å²) in [6.07, 6.45) is 2.49. The molecular weight excluding hydrogens is 983 g/mol. The number of nitrogens with one attached hydrogen (secondary N) is 2. The second kappa shape index (κ2) is 35.7. The lowest BCUT2D eigenvalue weighted by Gasteiger charge is -2.40. The molecule has 0 aromatic rings. The van der Waals surface area contributed by atoms with Gasteiger partial charge in [0, 0.05) is 108 Å². The molecule has 0 spiro atoms. The molecule has 22 nitrogen and oxygen atoms in total. The molecule has 3 aliphatic heterocycles. The van der Waals surface area contributed by atoms with E-state index in [1.807, 2.05) is 0 Å². The van der Waals surface area contributed by atoms with Gasteiger partial charge in [0.15, 0.2) is 18.4 Å². The number of hydrogen-bond acceptors (Lipinski definition) is 19. The van der Waals surface area contributed by atoms with Crippen molar-refractivity contribution in [2.75, 3.05) is 59.3 Å². The molecule has 3 heterocycles. The van der Waals surface area contributed by atoms with Crippen molar-refractivity contribution in [3.05, 3.63) is 12.2 Å². The van der Waals surface area contributed by atoms with Crippen molar-refractivity contribution >= 4 is 41.0 Å². The van der Waals surface area contributed by atoms with Gasteiger partial charge >= 0.3 is 0 Å². The lowest BCUT2D eigenvalue weighted by Crippen LogP contribution is -2.55. The monoisotopic (exact) mass is 1070 g/mol. The van der Waals surface area contributed by atoms with Gasteiger partial charge in [0.1, 0.15) is 41.8 Å². The third kappa shape index (κ3) is 24.7. The van der Waals surface area contributed by atoms with Crippen molar-refractivity contribution in [3.8, 4) is 0 Å². The number of aliphatic hydroxyl groups excluding tert-OH is 6. The molecule has 22 heteroatoms. The zero-order valence-electron chi connectivity index (χ0n) is 44.7. The van der Waals surface area contributed by atoms with E-state index in [0.717, 1.165) is 11.3 Å². The van der Waals surface area contributed by atoms with Gasteiger partial charge in [-0.3, -0.25) is 38.5 Å². The molecule has 430 valence electrons. The summed E-state index contributed by atoms with van der Waals surface area (Å²) in [6, 6.07) is 0. The number of aliphatic hydroxyl groups is 6. The summed E-state index contributed by atoms with van der Waals surface area (Å²) in [7, 11) is 0. The van der Waals surface area contributed by atoms with Gasteiger partial charge in [-0.15, -0.1) is 0 Å². The molecule has 4 amide bonds. The quantitative estimate of drug-likeness (QED) is 0.0246. The van der Waals surface area contributed by atoms with Gasteiger partial charge in [-0.1, -0.05) is 26.7 Å². The summed E-state index contributed by atoms with van der Waals surface area (Å²) in [5, 5.41) is 65.4. The first-order valence-electron chi connectivity index (χ1n) is 27.2. The average molecular weight is 1070 g/mol. The molecule has 3 aliphatic rings. The number of ether oxygens (including phenoxy) is 6. The van der Waals surface area contributed by atoms with E-state index in [0.29, 0.717) is 103 Å². The number of Topliss-reactive ketones (excluding diaryl/α,β-unsaturated/α-hetero) is 3. The maximum Gasteiger partial charge on any atom is 0.253 e. The lowest BCUT2D eigenvalue weighted by atomic mass is 9.92. The van der Waals surface area contributed by atoms with Crippen LogP contribution in [-0.4, -0.2) is 191 Å². The van der Waals surface area contributed by atoms with Crippen LogP contribution in [0.25, 0.3) is 0 Å². The Morgan fingerprint density at radius 2 is 1.05 bits per heavy atom. The smallest absolute Gasteiger partial charge is 0.253 e. The van der Waals surface area contributed by atoms with Crippen LogP contribution in [0.2, 0.25) is 0 Å². The summed E-state index contributed by atoms with van der Waals surface area (Å²) >= 11 is 0. The number of unbranched alkanes of at least 4 members (excludes halogenated alkanes) is 5. The molecule has 75 heavy (non-hydrogen) atoms. The third-order valence-corrected chi connectivity index (χ3v) is 13.8. The summed E-state index contributed by atoms with van der Waals surface area (Å²) in [4.78, 5) is 88.3. The SMILES string of the molecule is CC1[C@H](OCCCCC(=O)NCCCC[C@H](CC(=O)CCCCO[C@@H]2OC(CO)[C@H](O)C(O)[C@@H]2C)C(=O)NCCCCCC(=O)CCCOC(C)(C)OCCCC(=O)CCN2C(=O)C=CC2=O)OC(CO)C(O)[C@@H]1O. The highest BCUT2D eigenvalue weighted by Gasteiger charge is 2.43. The van der Waals surface area contributed by atoms with Gasteiger partial charge in [-0.2, -0.15) is 0 Å². The van der Waals surface area contributed by atoms with E-state index >= 15 is 0 Å². The Morgan fingerprint density at radius 1 is 0.587 bits per heavy atom. The van der Waals surface area contributed by atoms with Crippen molar-refractivity contribution in [3.63, 3.8) is 0 Å². The van der Waals surface area contributed by atoms with Crippen LogP contribution in [0.15, 0.2) is 12.2 Å². The highest BCUT2D eigenvalue weighted by atomic mass is 16.7. The molecule has 0 aliphatic carbocycles. The Labute approximate surface area is 441 Å². The van der Waals surface area contributed by atoms with Crippen LogP contribution in [0.4, 0.5) is 0 Å². The number of imide groups is 1. The summed E-state index contributed by atoms with van der Waals surface area (Å²) < 4.78 is 34.3. The number of hydrogen-bond donors (Lipinski definition) is 8. The van der Waals surface area contributed by atoms with Gasteiger partial charge < -0.3 is 69.7 Å². The van der Waals surface area contributed by atoms with Gasteiger partial charge in [0.25, 0.3) is 11.8 Å². The van der Waals surface area contributed by atoms with Crippen LogP contribution in [0, 0.1) is 17.8 Å². The molecule has 0 bridgehead atoms. The Kier molecular flexibility index (Phi) is 31.2. The van der Waals surface area contributed by atoms with Gasteiger partial charge in [-0.25, -0.2) is 0 Å². The van der Waals surface area contributed by atoms with E-state index in [4.69, 9.17) is 28.4 Å². The standard InChI is InChI=1S/C53H89N3O19/c1-35-46(65)48(67)41(33-57)74-51(35)70-28-12-8-18-40(61)32-37(16-7-11-25-54-43(62)21-9-13-29-71-52-36(2)47(66)49(68)42(34-58)75-52)50(69)55-26-10-5-6-17-38(59)19-14-30-72-53(3,4)73-31-15-20-39(60)24-27-56-44(63)22-23-45(56)64/h22-23,35-37,41-42,46-49,51-52,57-58,65-68H,5-21,24-34H2,1-4H3,(H,54,62)(H,55,69)/t35-,36?,37+,41?,42?,46?,47+,48-,49?,51+,52+/m0/s1. The minimum Gasteiger partial charge on any atom is -0.394 e. The fraction of sp³-hybridized carbons (Fsp3) is 0.830. The highest BCUT2D eigenvalue weighted by Crippen LogP contribution is 2.28. The van der Waals surface area contributed by atoms with E-state index in [9.17, 15) is 64.2 Å². The molecule has 0 saturated carbocycles. The van der Waals surface area contributed by atoms with E-state index in [1.54, 1.807) is 27.7 Å². The minimum atomic E-state index is -1.23. The molecule has 2 fully saturated rings. The number of carbonyl (C=O) groups excluding carboxylic acids is 7. The van der Waals surface area contributed by atoms with Gasteiger partial charge in [0.2, 0.25) is 11.8 Å². The molecule has 11 atom stereocenters. The molecule has 5 unspecified atom stereocenters. The molecule has 0 radical (unpaired) electrons. The highest BCUT2D eigenvalue weighted by molar-refractivity contribution is 6.13. The molecule has 0 aromatic heterocycles. The maximum atomic E-state index is 13.4. The first-order valence-corrected chi connectivity index (χ1v) is 27.2. The Bertz CT molecular complexity index is 1760. The predicted molar refractivity (Wildman–Crippen MR) is 270 cm³/mol. The zero-order valence-corrected chi connectivity index (χ0v) is 44.7. The number of rotatable bonds is 41. The third-order valence-electron chi connectivity index (χ3n) is 13.8. The van der Waals surface area contributed by atoms with E-state index in [-0.39, 0.29) is 87.6 Å². The Hall–Kier alpha value is -3.65. The second-order valence-electron chi connectivity index (χ2n) is 20.5. The Morgan fingerprint density at radius 3 is 1.60 bits per heavy atom. The van der Waals surface area contributed by atoms with E-state index < -0.39 is 97.8 Å². The largest absolute Gasteiger partial charge is 0.394 e. The van der Waals surface area contributed by atoms with E-state index in [2.05, 4.69) is 10.6 Å². The summed E-state index contributed by atoms with van der Waals surface area (Å²) in [6.45, 7) is 7.87. The fourth-order valence-electron chi connectivity index (χ4n) is 8.90.